The van der Waals surface area contributed by atoms with Gasteiger partial charge >= 0.3 is 0 Å². The van der Waals surface area contributed by atoms with E-state index in [1.165, 1.54) is 6.42 Å². The highest BCUT2D eigenvalue weighted by Crippen LogP contribution is 2.24. The topological polar surface area (TPSA) is 38.5 Å². The number of hydrogen-bond acceptors (Lipinski definition) is 3. The van der Waals surface area contributed by atoms with Crippen LogP contribution in [0.2, 0.25) is 5.02 Å². The third-order valence-electron chi connectivity index (χ3n) is 3.83. The van der Waals surface area contributed by atoms with Crippen LogP contribution in [0.3, 0.4) is 0 Å². The lowest BCUT2D eigenvalue weighted by molar-refractivity contribution is 0.153. The number of nitrogens with two attached hydrogens (primary N) is 1. The zero-order valence-electron chi connectivity index (χ0n) is 11.5. The summed E-state index contributed by atoms with van der Waals surface area (Å²) in [6, 6.07) is 7.88. The second kappa shape index (κ2) is 7.25. The molecule has 1 saturated heterocycles. The van der Waals surface area contributed by atoms with Gasteiger partial charge in [0, 0.05) is 24.7 Å². The summed E-state index contributed by atoms with van der Waals surface area (Å²) in [6.45, 7) is 4.19. The smallest absolute Gasteiger partial charge is 0.0503 e. The number of rotatable bonds is 6. The number of hydrogen-bond donors (Lipinski definition) is 1. The fourth-order valence-electron chi connectivity index (χ4n) is 2.74. The van der Waals surface area contributed by atoms with Crippen LogP contribution in [0.5, 0.6) is 0 Å². The van der Waals surface area contributed by atoms with Gasteiger partial charge in [-0.05, 0) is 43.5 Å². The van der Waals surface area contributed by atoms with Crippen LogP contribution in [0.15, 0.2) is 24.3 Å². The van der Waals surface area contributed by atoms with Crippen molar-refractivity contribution in [2.75, 3.05) is 33.4 Å². The zero-order valence-corrected chi connectivity index (χ0v) is 12.3. The van der Waals surface area contributed by atoms with Crippen LogP contribution in [0.1, 0.15) is 24.4 Å². The van der Waals surface area contributed by atoms with Crippen molar-refractivity contribution in [3.63, 3.8) is 0 Å². The first kappa shape index (κ1) is 14.8. The average molecular weight is 283 g/mol. The van der Waals surface area contributed by atoms with Crippen LogP contribution in [-0.4, -0.2) is 38.3 Å². The van der Waals surface area contributed by atoms with E-state index in [0.29, 0.717) is 5.92 Å². The fraction of sp³-hybridized carbons (Fsp3) is 0.600. The van der Waals surface area contributed by atoms with Crippen molar-refractivity contribution in [1.29, 1.82) is 0 Å². The second-order valence-electron chi connectivity index (χ2n) is 5.33. The monoisotopic (exact) mass is 282 g/mol. The number of methoxy groups -OCH3 is 1. The van der Waals surface area contributed by atoms with Gasteiger partial charge in [-0.1, -0.05) is 29.8 Å². The van der Waals surface area contributed by atoms with E-state index in [-0.39, 0.29) is 6.04 Å². The summed E-state index contributed by atoms with van der Waals surface area (Å²) in [5.41, 5.74) is 7.28. The van der Waals surface area contributed by atoms with Gasteiger partial charge in [0.25, 0.3) is 0 Å². The van der Waals surface area contributed by atoms with Gasteiger partial charge < -0.3 is 15.4 Å². The van der Waals surface area contributed by atoms with Crippen molar-refractivity contribution >= 4 is 11.6 Å². The molecule has 106 valence electrons. The molecule has 0 amide bonds. The van der Waals surface area contributed by atoms with Crippen LogP contribution >= 0.6 is 11.6 Å². The molecule has 1 aromatic carbocycles. The molecule has 1 fully saturated rings. The highest BCUT2D eigenvalue weighted by molar-refractivity contribution is 6.31. The number of benzene rings is 1. The van der Waals surface area contributed by atoms with Crippen LogP contribution in [0.25, 0.3) is 0 Å². The molecule has 0 radical (unpaired) electrons. The summed E-state index contributed by atoms with van der Waals surface area (Å²) in [6.07, 6.45) is 2.18. The van der Waals surface area contributed by atoms with Gasteiger partial charge in [0.2, 0.25) is 0 Å². The first-order chi connectivity index (χ1) is 9.20. The van der Waals surface area contributed by atoms with Crippen LogP contribution < -0.4 is 5.73 Å². The molecule has 0 spiro atoms. The maximum Gasteiger partial charge on any atom is 0.0503 e. The van der Waals surface area contributed by atoms with Crippen molar-refractivity contribution in [3.05, 3.63) is 34.9 Å². The van der Waals surface area contributed by atoms with E-state index >= 15 is 0 Å². The molecule has 19 heavy (non-hydrogen) atoms. The molecule has 0 aliphatic carbocycles. The maximum absolute atomic E-state index is 6.23. The second-order valence-corrected chi connectivity index (χ2v) is 5.73. The molecule has 0 bridgehead atoms. The average Bonchev–Trinajstić information content (AvgIpc) is 2.85. The summed E-state index contributed by atoms with van der Waals surface area (Å²) in [7, 11) is 1.77. The molecule has 0 saturated carbocycles. The lowest BCUT2D eigenvalue weighted by atomic mass is 10.0. The molecular formula is C15H23ClN2O. The number of nitrogens with zero attached hydrogens (tertiary/aromatic N) is 1. The highest BCUT2D eigenvalue weighted by Gasteiger charge is 2.22. The third kappa shape index (κ3) is 4.18. The van der Waals surface area contributed by atoms with Gasteiger partial charge in [0.15, 0.2) is 0 Å². The van der Waals surface area contributed by atoms with Crippen molar-refractivity contribution in [2.45, 2.75) is 18.9 Å². The predicted octanol–water partition coefficient (Wildman–Crippen LogP) is 2.70. The Morgan fingerprint density at radius 2 is 2.26 bits per heavy atom. The molecule has 1 heterocycles. The Labute approximate surface area is 120 Å². The summed E-state index contributed by atoms with van der Waals surface area (Å²) >= 11 is 6.17. The number of ether oxygens (including phenoxy) is 1. The first-order valence-corrected chi connectivity index (χ1v) is 7.29. The van der Waals surface area contributed by atoms with E-state index in [0.717, 1.165) is 43.2 Å². The number of halogens is 1. The Morgan fingerprint density at radius 1 is 1.47 bits per heavy atom. The largest absolute Gasteiger partial charge is 0.384 e. The molecule has 1 aliphatic rings. The zero-order chi connectivity index (χ0) is 13.7. The Kier molecular flexibility index (Phi) is 5.64. The summed E-state index contributed by atoms with van der Waals surface area (Å²) in [5, 5.41) is 0.772. The van der Waals surface area contributed by atoms with E-state index in [1.54, 1.807) is 7.11 Å². The van der Waals surface area contributed by atoms with Crippen LogP contribution in [0.4, 0.5) is 0 Å². The van der Waals surface area contributed by atoms with Gasteiger partial charge in [-0.15, -0.1) is 0 Å². The van der Waals surface area contributed by atoms with Crippen molar-refractivity contribution in [1.82, 2.24) is 4.90 Å². The van der Waals surface area contributed by atoms with Gasteiger partial charge in [-0.2, -0.15) is 0 Å². The molecule has 1 aliphatic heterocycles. The minimum atomic E-state index is 0.0233. The summed E-state index contributed by atoms with van der Waals surface area (Å²) < 4.78 is 5.22. The fourth-order valence-corrected chi connectivity index (χ4v) is 3.02. The van der Waals surface area contributed by atoms with Crippen molar-refractivity contribution in [2.24, 2.45) is 11.7 Å². The minimum absolute atomic E-state index is 0.0233. The molecule has 4 heteroatoms. The van der Waals surface area contributed by atoms with Gasteiger partial charge in [-0.3, -0.25) is 0 Å². The van der Waals surface area contributed by atoms with E-state index in [9.17, 15) is 0 Å². The molecule has 2 atom stereocenters. The standard InChI is InChI=1S/C15H23ClN2O/c1-19-11-12-6-8-18(10-12)9-7-15(17)13-4-2-3-5-14(13)16/h2-5,12,15H,6-11,17H2,1H3. The quantitative estimate of drug-likeness (QED) is 0.872. The van der Waals surface area contributed by atoms with Gasteiger partial charge in [-0.25, -0.2) is 0 Å². The Balaban J connectivity index is 1.78. The Bertz CT molecular complexity index is 399. The molecule has 1 aromatic rings. The van der Waals surface area contributed by atoms with Gasteiger partial charge in [0.1, 0.15) is 0 Å². The normalized spacial score (nSPS) is 21.7. The SMILES string of the molecule is COCC1CCN(CCC(N)c2ccccc2Cl)C1. The minimum Gasteiger partial charge on any atom is -0.384 e. The van der Waals surface area contributed by atoms with E-state index in [2.05, 4.69) is 4.90 Å². The van der Waals surface area contributed by atoms with Crippen molar-refractivity contribution in [3.8, 4) is 0 Å². The lowest BCUT2D eigenvalue weighted by Crippen LogP contribution is -2.26. The first-order valence-electron chi connectivity index (χ1n) is 6.92. The Morgan fingerprint density at radius 3 is 3.00 bits per heavy atom. The predicted molar refractivity (Wildman–Crippen MR) is 79.4 cm³/mol. The third-order valence-corrected chi connectivity index (χ3v) is 4.18. The molecule has 0 aromatic heterocycles. The molecule has 2 N–H and O–H groups in total. The van der Waals surface area contributed by atoms with E-state index in [1.807, 2.05) is 24.3 Å². The highest BCUT2D eigenvalue weighted by atomic mass is 35.5. The summed E-state index contributed by atoms with van der Waals surface area (Å²) in [4.78, 5) is 2.47. The maximum atomic E-state index is 6.23. The lowest BCUT2D eigenvalue weighted by Gasteiger charge is -2.19. The number of likely N-dealkylation sites (tertiary alicyclic amines) is 1. The molecule has 3 nitrogen and oxygen atoms in total. The van der Waals surface area contributed by atoms with Gasteiger partial charge in [0.05, 0.1) is 6.61 Å². The van der Waals surface area contributed by atoms with E-state index < -0.39 is 0 Å². The molecular weight excluding hydrogens is 260 g/mol. The van der Waals surface area contributed by atoms with Crippen LogP contribution in [-0.2, 0) is 4.74 Å². The van der Waals surface area contributed by atoms with Crippen LogP contribution in [0, 0.1) is 5.92 Å². The summed E-state index contributed by atoms with van der Waals surface area (Å²) in [5.74, 6) is 0.682. The molecule has 2 rings (SSSR count). The molecule has 2 unspecified atom stereocenters. The van der Waals surface area contributed by atoms with E-state index in [4.69, 9.17) is 22.1 Å². The Hall–Kier alpha value is -0.610. The van der Waals surface area contributed by atoms with Crippen molar-refractivity contribution < 1.29 is 4.74 Å².